The van der Waals surface area contributed by atoms with Crippen LogP contribution in [0.15, 0.2) is 12.1 Å². The normalized spacial score (nSPS) is 10.7. The van der Waals surface area contributed by atoms with Crippen LogP contribution in [0.3, 0.4) is 0 Å². The molecule has 1 N–H and O–H groups in total. The van der Waals surface area contributed by atoms with Crippen LogP contribution in [0.4, 0.5) is 11.5 Å². The zero-order valence-corrected chi connectivity index (χ0v) is 12.7. The van der Waals surface area contributed by atoms with Gasteiger partial charge in [-0.05, 0) is 38.8 Å². The third-order valence-corrected chi connectivity index (χ3v) is 3.46. The molecule has 0 atom stereocenters. The minimum atomic E-state index is -0.433. The standard InChI is InChI=1S/C14H19N5O2/c1-5-8-15-13-7-6-12(19(20)21)14(16-13)18-11(4)9(2)10(3)17-18/h6-7H,5,8H2,1-4H3,(H,15,16). The SMILES string of the molecule is CCCNc1ccc([N+](=O)[O-])c(-n2nc(C)c(C)c2C)n1. The molecule has 0 radical (unpaired) electrons. The lowest BCUT2D eigenvalue weighted by molar-refractivity contribution is -0.384. The van der Waals surface area contributed by atoms with Gasteiger partial charge in [0.05, 0.1) is 10.6 Å². The van der Waals surface area contributed by atoms with Gasteiger partial charge in [0.1, 0.15) is 5.82 Å². The fraction of sp³-hybridized carbons (Fsp3) is 0.429. The van der Waals surface area contributed by atoms with Crippen LogP contribution in [0.5, 0.6) is 0 Å². The minimum absolute atomic E-state index is 0.0531. The Kier molecular flexibility index (Phi) is 4.21. The molecule has 0 aliphatic carbocycles. The number of hydrogen-bond acceptors (Lipinski definition) is 5. The number of anilines is 1. The van der Waals surface area contributed by atoms with Gasteiger partial charge < -0.3 is 5.32 Å². The van der Waals surface area contributed by atoms with Gasteiger partial charge in [0.25, 0.3) is 0 Å². The predicted molar refractivity (Wildman–Crippen MR) is 81.0 cm³/mol. The van der Waals surface area contributed by atoms with Crippen LogP contribution in [0.1, 0.15) is 30.3 Å². The van der Waals surface area contributed by atoms with E-state index in [0.29, 0.717) is 5.82 Å². The van der Waals surface area contributed by atoms with E-state index in [9.17, 15) is 10.1 Å². The molecule has 0 unspecified atom stereocenters. The quantitative estimate of drug-likeness (QED) is 0.675. The van der Waals surface area contributed by atoms with Gasteiger partial charge in [-0.3, -0.25) is 10.1 Å². The highest BCUT2D eigenvalue weighted by molar-refractivity contribution is 5.54. The molecule has 0 saturated carbocycles. The van der Waals surface area contributed by atoms with E-state index in [-0.39, 0.29) is 11.5 Å². The molecule has 21 heavy (non-hydrogen) atoms. The first kappa shape index (κ1) is 15.0. The first-order valence-electron chi connectivity index (χ1n) is 6.88. The summed E-state index contributed by atoms with van der Waals surface area (Å²) in [5.41, 5.74) is 2.66. The summed E-state index contributed by atoms with van der Waals surface area (Å²) in [7, 11) is 0. The Morgan fingerprint density at radius 3 is 2.57 bits per heavy atom. The van der Waals surface area contributed by atoms with Crippen molar-refractivity contribution in [2.45, 2.75) is 34.1 Å². The topological polar surface area (TPSA) is 85.9 Å². The van der Waals surface area contributed by atoms with E-state index in [2.05, 4.69) is 15.4 Å². The smallest absolute Gasteiger partial charge is 0.313 e. The van der Waals surface area contributed by atoms with Crippen molar-refractivity contribution in [1.29, 1.82) is 0 Å². The second-order valence-corrected chi connectivity index (χ2v) is 4.93. The van der Waals surface area contributed by atoms with Crippen molar-refractivity contribution in [3.05, 3.63) is 39.2 Å². The van der Waals surface area contributed by atoms with Crippen LogP contribution < -0.4 is 5.32 Å². The van der Waals surface area contributed by atoms with Gasteiger partial charge in [0.2, 0.25) is 5.82 Å². The molecular weight excluding hydrogens is 270 g/mol. The van der Waals surface area contributed by atoms with Crippen LogP contribution in [-0.2, 0) is 0 Å². The lowest BCUT2D eigenvalue weighted by atomic mass is 10.2. The molecule has 7 nitrogen and oxygen atoms in total. The van der Waals surface area contributed by atoms with Crippen molar-refractivity contribution < 1.29 is 4.92 Å². The Balaban J connectivity index is 2.57. The third kappa shape index (κ3) is 2.86. The van der Waals surface area contributed by atoms with E-state index in [4.69, 9.17) is 0 Å². The summed E-state index contributed by atoms with van der Waals surface area (Å²) in [5.74, 6) is 0.859. The number of nitrogens with one attached hydrogen (secondary N) is 1. The lowest BCUT2D eigenvalue weighted by Crippen LogP contribution is -2.09. The highest BCUT2D eigenvalue weighted by Gasteiger charge is 2.21. The van der Waals surface area contributed by atoms with Gasteiger partial charge in [-0.25, -0.2) is 9.67 Å². The molecule has 0 spiro atoms. The van der Waals surface area contributed by atoms with Crippen molar-refractivity contribution >= 4 is 11.5 Å². The summed E-state index contributed by atoms with van der Waals surface area (Å²) >= 11 is 0. The molecule has 0 amide bonds. The molecular formula is C14H19N5O2. The maximum absolute atomic E-state index is 11.2. The van der Waals surface area contributed by atoms with Crippen LogP contribution in [0, 0.1) is 30.9 Å². The van der Waals surface area contributed by atoms with E-state index < -0.39 is 4.92 Å². The summed E-state index contributed by atoms with van der Waals surface area (Å²) in [6.07, 6.45) is 0.951. The maximum atomic E-state index is 11.2. The van der Waals surface area contributed by atoms with Gasteiger partial charge >= 0.3 is 5.69 Å². The van der Waals surface area contributed by atoms with Crippen molar-refractivity contribution in [2.75, 3.05) is 11.9 Å². The molecule has 0 aliphatic rings. The van der Waals surface area contributed by atoms with E-state index >= 15 is 0 Å². The Hall–Kier alpha value is -2.44. The molecule has 0 aliphatic heterocycles. The summed E-state index contributed by atoms with van der Waals surface area (Å²) in [4.78, 5) is 15.2. The molecule has 2 heterocycles. The number of rotatable bonds is 5. The number of pyridine rings is 1. The van der Waals surface area contributed by atoms with E-state index in [1.165, 1.54) is 6.07 Å². The summed E-state index contributed by atoms with van der Waals surface area (Å²) in [5, 5.41) is 18.7. The molecule has 112 valence electrons. The fourth-order valence-corrected chi connectivity index (χ4v) is 2.02. The van der Waals surface area contributed by atoms with Crippen molar-refractivity contribution in [1.82, 2.24) is 14.8 Å². The van der Waals surface area contributed by atoms with Gasteiger partial charge in [0.15, 0.2) is 0 Å². The average molecular weight is 289 g/mol. The third-order valence-electron chi connectivity index (χ3n) is 3.46. The zero-order chi connectivity index (χ0) is 15.6. The number of aromatic nitrogens is 3. The van der Waals surface area contributed by atoms with Crippen molar-refractivity contribution in [2.24, 2.45) is 0 Å². The lowest BCUT2D eigenvalue weighted by Gasteiger charge is -2.08. The van der Waals surface area contributed by atoms with E-state index in [1.807, 2.05) is 27.7 Å². The Labute approximate surface area is 123 Å². The maximum Gasteiger partial charge on any atom is 0.313 e. The molecule has 0 fully saturated rings. The summed E-state index contributed by atoms with van der Waals surface area (Å²) in [6, 6.07) is 3.09. The van der Waals surface area contributed by atoms with Gasteiger partial charge in [-0.2, -0.15) is 5.10 Å². The summed E-state index contributed by atoms with van der Waals surface area (Å²) < 4.78 is 1.54. The Morgan fingerprint density at radius 1 is 1.33 bits per heavy atom. The highest BCUT2D eigenvalue weighted by atomic mass is 16.6. The van der Waals surface area contributed by atoms with E-state index in [0.717, 1.165) is 29.9 Å². The molecule has 2 aromatic rings. The Bertz CT molecular complexity index is 678. The van der Waals surface area contributed by atoms with Crippen molar-refractivity contribution in [3.8, 4) is 5.82 Å². The monoisotopic (exact) mass is 289 g/mol. The summed E-state index contributed by atoms with van der Waals surface area (Å²) in [6.45, 7) is 8.51. The largest absolute Gasteiger partial charge is 0.370 e. The molecule has 0 saturated heterocycles. The van der Waals surface area contributed by atoms with Crippen LogP contribution in [0.25, 0.3) is 5.82 Å². The zero-order valence-electron chi connectivity index (χ0n) is 12.7. The first-order chi connectivity index (χ1) is 9.95. The molecule has 2 aromatic heterocycles. The van der Waals surface area contributed by atoms with Gasteiger partial charge in [0, 0.05) is 18.3 Å². The number of nitrogens with zero attached hydrogens (tertiary/aromatic N) is 4. The second kappa shape index (κ2) is 5.90. The Morgan fingerprint density at radius 2 is 2.05 bits per heavy atom. The second-order valence-electron chi connectivity index (χ2n) is 4.93. The molecule has 2 rings (SSSR count). The number of nitro groups is 1. The van der Waals surface area contributed by atoms with Crippen LogP contribution >= 0.6 is 0 Å². The van der Waals surface area contributed by atoms with Gasteiger partial charge in [-0.15, -0.1) is 0 Å². The molecule has 0 aromatic carbocycles. The van der Waals surface area contributed by atoms with Crippen molar-refractivity contribution in [3.63, 3.8) is 0 Å². The van der Waals surface area contributed by atoms with E-state index in [1.54, 1.807) is 10.7 Å². The number of hydrogen-bond donors (Lipinski definition) is 1. The van der Waals surface area contributed by atoms with Crippen LogP contribution in [0.2, 0.25) is 0 Å². The fourth-order valence-electron chi connectivity index (χ4n) is 2.02. The first-order valence-corrected chi connectivity index (χ1v) is 6.88. The molecule has 7 heteroatoms. The minimum Gasteiger partial charge on any atom is -0.370 e. The predicted octanol–water partition coefficient (Wildman–Crippen LogP) is 2.92. The highest BCUT2D eigenvalue weighted by Crippen LogP contribution is 2.25. The van der Waals surface area contributed by atoms with Crippen LogP contribution in [-0.4, -0.2) is 26.2 Å². The molecule has 0 bridgehead atoms. The van der Waals surface area contributed by atoms with Gasteiger partial charge in [-0.1, -0.05) is 6.92 Å². The number of aryl methyl sites for hydroxylation is 1. The average Bonchev–Trinajstić information content (AvgIpc) is 2.72.